The van der Waals surface area contributed by atoms with Crippen molar-refractivity contribution in [3.8, 4) is 0 Å². The molecule has 1 aliphatic heterocycles. The van der Waals surface area contributed by atoms with Gasteiger partial charge < -0.3 is 25.6 Å². The van der Waals surface area contributed by atoms with Gasteiger partial charge >= 0.3 is 12.2 Å². The molecule has 33 heavy (non-hydrogen) atoms. The number of hydrogen-bond acceptors (Lipinski definition) is 4. The lowest BCUT2D eigenvalue weighted by Gasteiger charge is -2.22. The summed E-state index contributed by atoms with van der Waals surface area (Å²) in [5, 5.41) is 8.00. The van der Waals surface area contributed by atoms with Crippen LogP contribution in [0, 0.1) is 0 Å². The van der Waals surface area contributed by atoms with E-state index in [2.05, 4.69) is 20.9 Å². The van der Waals surface area contributed by atoms with Crippen LogP contribution in [0.25, 0.3) is 0 Å². The molecule has 1 aliphatic rings. The van der Waals surface area contributed by atoms with Crippen LogP contribution in [0.15, 0.2) is 42.5 Å². The predicted molar refractivity (Wildman–Crippen MR) is 121 cm³/mol. The van der Waals surface area contributed by atoms with Crippen molar-refractivity contribution in [3.05, 3.63) is 53.6 Å². The Morgan fingerprint density at radius 3 is 2.27 bits per heavy atom. The average Bonchev–Trinajstić information content (AvgIpc) is 3.31. The van der Waals surface area contributed by atoms with E-state index in [-0.39, 0.29) is 11.6 Å². The van der Waals surface area contributed by atoms with E-state index >= 15 is 0 Å². The van der Waals surface area contributed by atoms with E-state index < -0.39 is 17.8 Å². The number of ether oxygens (including phenoxy) is 1. The number of alkyl halides is 3. The molecular formula is C23H27F3N4O3. The first-order valence-electron chi connectivity index (χ1n) is 10.7. The molecule has 1 saturated heterocycles. The number of benzene rings is 2. The summed E-state index contributed by atoms with van der Waals surface area (Å²) < 4.78 is 43.1. The summed E-state index contributed by atoms with van der Waals surface area (Å²) in [5.74, 6) is -0.250. The number of hydrogen-bond donors (Lipinski definition) is 3. The second-order valence-corrected chi connectivity index (χ2v) is 7.68. The Labute approximate surface area is 190 Å². The van der Waals surface area contributed by atoms with Crippen molar-refractivity contribution in [1.29, 1.82) is 0 Å². The van der Waals surface area contributed by atoms with Crippen molar-refractivity contribution in [2.24, 2.45) is 0 Å². The zero-order valence-corrected chi connectivity index (χ0v) is 18.3. The van der Waals surface area contributed by atoms with Crippen LogP contribution >= 0.6 is 0 Å². The van der Waals surface area contributed by atoms with E-state index in [0.29, 0.717) is 30.8 Å². The molecule has 10 heteroatoms. The Morgan fingerprint density at radius 2 is 1.64 bits per heavy atom. The highest BCUT2D eigenvalue weighted by molar-refractivity contribution is 6.04. The van der Waals surface area contributed by atoms with E-state index in [0.717, 1.165) is 43.8 Å². The first kappa shape index (κ1) is 24.4. The molecule has 178 valence electrons. The minimum absolute atomic E-state index is 0.213. The number of anilines is 3. The highest BCUT2D eigenvalue weighted by Gasteiger charge is 2.30. The van der Waals surface area contributed by atoms with Crippen LogP contribution in [-0.4, -0.2) is 45.3 Å². The van der Waals surface area contributed by atoms with Gasteiger partial charge in [-0.2, -0.15) is 13.2 Å². The molecule has 7 nitrogen and oxygen atoms in total. The van der Waals surface area contributed by atoms with E-state index in [1.165, 1.54) is 12.1 Å². The second kappa shape index (κ2) is 11.0. The number of carbonyl (C=O) groups is 2. The maximum absolute atomic E-state index is 12.8. The summed E-state index contributed by atoms with van der Waals surface area (Å²) >= 11 is 0. The lowest BCUT2D eigenvalue weighted by molar-refractivity contribution is -0.137. The van der Waals surface area contributed by atoms with Crippen LogP contribution in [0.4, 0.5) is 35.0 Å². The number of urea groups is 1. The zero-order chi connectivity index (χ0) is 23.8. The number of amides is 3. The van der Waals surface area contributed by atoms with Gasteiger partial charge in [-0.25, -0.2) is 4.79 Å². The molecule has 0 aromatic heterocycles. The van der Waals surface area contributed by atoms with Gasteiger partial charge in [-0.1, -0.05) is 0 Å². The minimum atomic E-state index is -4.45. The van der Waals surface area contributed by atoms with Crippen LogP contribution in [0.5, 0.6) is 0 Å². The Hall–Kier alpha value is -3.27. The lowest BCUT2D eigenvalue weighted by atomic mass is 10.1. The topological polar surface area (TPSA) is 82.7 Å². The van der Waals surface area contributed by atoms with Gasteiger partial charge in [0.1, 0.15) is 0 Å². The van der Waals surface area contributed by atoms with Crippen LogP contribution in [0.2, 0.25) is 0 Å². The first-order valence-corrected chi connectivity index (χ1v) is 10.7. The van der Waals surface area contributed by atoms with Gasteiger partial charge in [0.15, 0.2) is 0 Å². The molecule has 3 N–H and O–H groups in total. The third-order valence-corrected chi connectivity index (χ3v) is 5.23. The summed E-state index contributed by atoms with van der Waals surface area (Å²) in [4.78, 5) is 27.3. The van der Waals surface area contributed by atoms with Gasteiger partial charge in [-0.15, -0.1) is 0 Å². The fraction of sp³-hybridized carbons (Fsp3) is 0.391. The molecule has 0 spiro atoms. The van der Waals surface area contributed by atoms with Gasteiger partial charge in [0.25, 0.3) is 5.91 Å². The molecule has 3 rings (SSSR count). The monoisotopic (exact) mass is 464 g/mol. The second-order valence-electron chi connectivity index (χ2n) is 7.68. The highest BCUT2D eigenvalue weighted by atomic mass is 19.4. The van der Waals surface area contributed by atoms with E-state index in [1.807, 2.05) is 0 Å². The third-order valence-electron chi connectivity index (χ3n) is 5.23. The van der Waals surface area contributed by atoms with Gasteiger partial charge in [-0.05, 0) is 61.7 Å². The quantitative estimate of drug-likeness (QED) is 0.494. The first-order chi connectivity index (χ1) is 15.8. The lowest BCUT2D eigenvalue weighted by Crippen LogP contribution is -2.29. The minimum Gasteiger partial charge on any atom is -0.385 e. The Morgan fingerprint density at radius 1 is 1.00 bits per heavy atom. The summed E-state index contributed by atoms with van der Waals surface area (Å²) in [7, 11) is 1.60. The predicted octanol–water partition coefficient (Wildman–Crippen LogP) is 4.72. The number of nitrogens with zero attached hydrogens (tertiary/aromatic N) is 1. The van der Waals surface area contributed by atoms with Gasteiger partial charge in [0.2, 0.25) is 0 Å². The van der Waals surface area contributed by atoms with Crippen molar-refractivity contribution in [1.82, 2.24) is 5.32 Å². The third kappa shape index (κ3) is 6.85. The molecule has 0 bridgehead atoms. The van der Waals surface area contributed by atoms with Crippen molar-refractivity contribution in [3.63, 3.8) is 0 Å². The molecule has 0 atom stereocenters. The van der Waals surface area contributed by atoms with Gasteiger partial charge in [0, 0.05) is 50.4 Å². The Bertz CT molecular complexity index is 958. The molecular weight excluding hydrogens is 437 g/mol. The molecule has 1 fully saturated rings. The zero-order valence-electron chi connectivity index (χ0n) is 18.3. The molecule has 2 aromatic carbocycles. The number of nitrogens with one attached hydrogen (secondary N) is 3. The summed E-state index contributed by atoms with van der Waals surface area (Å²) in [6, 6.07) is 8.61. The molecule has 0 radical (unpaired) electrons. The fourth-order valence-electron chi connectivity index (χ4n) is 3.58. The van der Waals surface area contributed by atoms with Crippen LogP contribution < -0.4 is 20.9 Å². The molecule has 0 unspecified atom stereocenters. The molecule has 2 aromatic rings. The van der Waals surface area contributed by atoms with Crippen molar-refractivity contribution < 1.29 is 27.5 Å². The maximum Gasteiger partial charge on any atom is 0.416 e. The average molecular weight is 464 g/mol. The number of halogens is 3. The molecule has 1 heterocycles. The molecule has 3 amide bonds. The maximum atomic E-state index is 12.8. The standard InChI is InChI=1S/C23H27F3N4O3/c1-33-14-4-11-27-21(31)19-15-18(9-10-20(19)30-12-2-3-13-30)29-22(32)28-17-7-5-16(6-8-17)23(24,25)26/h5-10,15H,2-4,11-14H2,1H3,(H,27,31)(H2,28,29,32). The van der Waals surface area contributed by atoms with Crippen molar-refractivity contribution in [2.45, 2.75) is 25.4 Å². The summed E-state index contributed by atoms with van der Waals surface area (Å²) in [6.07, 6.45) is -1.68. The number of methoxy groups -OCH3 is 1. The summed E-state index contributed by atoms with van der Waals surface area (Å²) in [6.45, 7) is 2.69. The smallest absolute Gasteiger partial charge is 0.385 e. The van der Waals surface area contributed by atoms with Gasteiger partial charge in [0.05, 0.1) is 11.1 Å². The van der Waals surface area contributed by atoms with Crippen molar-refractivity contribution in [2.75, 3.05) is 48.9 Å². The van der Waals surface area contributed by atoms with E-state index in [4.69, 9.17) is 4.74 Å². The van der Waals surface area contributed by atoms with Crippen molar-refractivity contribution >= 4 is 29.0 Å². The van der Waals surface area contributed by atoms with Crippen LogP contribution in [0.3, 0.4) is 0 Å². The molecule has 0 saturated carbocycles. The Balaban J connectivity index is 1.70. The van der Waals surface area contributed by atoms with E-state index in [9.17, 15) is 22.8 Å². The molecule has 0 aliphatic carbocycles. The van der Waals surface area contributed by atoms with Crippen LogP contribution in [-0.2, 0) is 10.9 Å². The highest BCUT2D eigenvalue weighted by Crippen LogP contribution is 2.30. The van der Waals surface area contributed by atoms with Crippen LogP contribution in [0.1, 0.15) is 35.2 Å². The Kier molecular flexibility index (Phi) is 8.16. The fourth-order valence-corrected chi connectivity index (χ4v) is 3.58. The largest absolute Gasteiger partial charge is 0.416 e. The van der Waals surface area contributed by atoms with E-state index in [1.54, 1.807) is 25.3 Å². The number of rotatable bonds is 8. The SMILES string of the molecule is COCCCNC(=O)c1cc(NC(=O)Nc2ccc(C(F)(F)F)cc2)ccc1N1CCCC1. The normalized spacial score (nSPS) is 13.6. The van der Waals surface area contributed by atoms with Gasteiger partial charge in [-0.3, -0.25) is 4.79 Å². The number of carbonyl (C=O) groups excluding carboxylic acids is 2. The summed E-state index contributed by atoms with van der Waals surface area (Å²) in [5.41, 5.74) is 1.05.